The largest absolute Gasteiger partial charge is 0.497 e. The fourth-order valence-corrected chi connectivity index (χ4v) is 2.77. The topological polar surface area (TPSA) is 113 Å². The predicted molar refractivity (Wildman–Crippen MR) is 97.9 cm³/mol. The summed E-state index contributed by atoms with van der Waals surface area (Å²) in [6, 6.07) is 12.3. The van der Waals surface area contributed by atoms with Gasteiger partial charge in [0.15, 0.2) is 17.3 Å². The van der Waals surface area contributed by atoms with Gasteiger partial charge in [0, 0.05) is 11.8 Å². The van der Waals surface area contributed by atoms with Gasteiger partial charge < -0.3 is 23.9 Å². The Morgan fingerprint density at radius 2 is 1.93 bits per heavy atom. The monoisotopic (exact) mass is 382 g/mol. The number of benzene rings is 2. The SMILES string of the molecule is COc1ccc(-c2ccc(C(=O)Nc3ccc4c(c3)OCO4)o2)c([N+](=O)[O-])c1. The summed E-state index contributed by atoms with van der Waals surface area (Å²) in [5.41, 5.74) is 0.562. The molecule has 2 heterocycles. The molecule has 0 radical (unpaired) electrons. The second-order valence-electron chi connectivity index (χ2n) is 5.83. The highest BCUT2D eigenvalue weighted by atomic mass is 16.7. The van der Waals surface area contributed by atoms with Gasteiger partial charge in [-0.15, -0.1) is 0 Å². The molecule has 1 aliphatic heterocycles. The fourth-order valence-electron chi connectivity index (χ4n) is 2.77. The van der Waals surface area contributed by atoms with Crippen LogP contribution in [0, 0.1) is 10.1 Å². The van der Waals surface area contributed by atoms with Crippen molar-refractivity contribution in [1.29, 1.82) is 0 Å². The van der Waals surface area contributed by atoms with Crippen molar-refractivity contribution >= 4 is 17.3 Å². The lowest BCUT2D eigenvalue weighted by atomic mass is 10.1. The zero-order valence-corrected chi connectivity index (χ0v) is 14.6. The second-order valence-corrected chi connectivity index (χ2v) is 5.83. The molecule has 28 heavy (non-hydrogen) atoms. The number of rotatable bonds is 5. The normalized spacial score (nSPS) is 11.9. The average Bonchev–Trinajstić information content (AvgIpc) is 3.36. The molecule has 0 bridgehead atoms. The summed E-state index contributed by atoms with van der Waals surface area (Å²) in [6.07, 6.45) is 0. The molecule has 0 spiro atoms. The molecule has 0 fully saturated rings. The fraction of sp³-hybridized carbons (Fsp3) is 0.105. The van der Waals surface area contributed by atoms with Crippen molar-refractivity contribution in [3.05, 3.63) is 64.4 Å². The van der Waals surface area contributed by atoms with E-state index in [9.17, 15) is 14.9 Å². The van der Waals surface area contributed by atoms with Crippen LogP contribution in [0.4, 0.5) is 11.4 Å². The first-order valence-electron chi connectivity index (χ1n) is 8.19. The van der Waals surface area contributed by atoms with Crippen molar-refractivity contribution in [3.63, 3.8) is 0 Å². The van der Waals surface area contributed by atoms with Crippen molar-refractivity contribution in [2.24, 2.45) is 0 Å². The highest BCUT2D eigenvalue weighted by Crippen LogP contribution is 2.36. The van der Waals surface area contributed by atoms with Gasteiger partial charge in [0.2, 0.25) is 6.79 Å². The number of hydrogen-bond donors (Lipinski definition) is 1. The summed E-state index contributed by atoms with van der Waals surface area (Å²) in [7, 11) is 1.42. The molecule has 0 saturated carbocycles. The Kier molecular flexibility index (Phi) is 4.32. The maximum absolute atomic E-state index is 12.4. The van der Waals surface area contributed by atoms with Gasteiger partial charge in [-0.05, 0) is 36.4 Å². The second kappa shape index (κ2) is 6.95. The van der Waals surface area contributed by atoms with Gasteiger partial charge in [0.05, 0.1) is 23.7 Å². The van der Waals surface area contributed by atoms with E-state index < -0.39 is 10.8 Å². The molecular weight excluding hydrogens is 368 g/mol. The van der Waals surface area contributed by atoms with Crippen LogP contribution >= 0.6 is 0 Å². The minimum Gasteiger partial charge on any atom is -0.497 e. The molecule has 1 amide bonds. The van der Waals surface area contributed by atoms with E-state index in [0.29, 0.717) is 22.9 Å². The predicted octanol–water partition coefficient (Wildman–Crippen LogP) is 3.84. The minimum absolute atomic E-state index is 0.0118. The highest BCUT2D eigenvalue weighted by molar-refractivity contribution is 6.02. The molecule has 1 aliphatic rings. The molecule has 2 aromatic carbocycles. The Morgan fingerprint density at radius 3 is 2.71 bits per heavy atom. The van der Waals surface area contributed by atoms with Crippen LogP contribution in [0.25, 0.3) is 11.3 Å². The molecule has 1 N–H and O–H groups in total. The molecule has 0 aliphatic carbocycles. The zero-order valence-electron chi connectivity index (χ0n) is 14.6. The summed E-state index contributed by atoms with van der Waals surface area (Å²) in [5.74, 6) is 1.20. The van der Waals surface area contributed by atoms with E-state index in [0.717, 1.165) is 0 Å². The van der Waals surface area contributed by atoms with Crippen molar-refractivity contribution < 1.29 is 28.3 Å². The summed E-state index contributed by atoms with van der Waals surface area (Å²) < 4.78 is 21.1. The average molecular weight is 382 g/mol. The third kappa shape index (κ3) is 3.20. The van der Waals surface area contributed by atoms with Crippen molar-refractivity contribution in [2.45, 2.75) is 0 Å². The van der Waals surface area contributed by atoms with E-state index >= 15 is 0 Å². The Bertz CT molecular complexity index is 1070. The summed E-state index contributed by atoms with van der Waals surface area (Å²) in [6.45, 7) is 0.134. The van der Waals surface area contributed by atoms with Gasteiger partial charge in [0.1, 0.15) is 11.5 Å². The summed E-state index contributed by atoms with van der Waals surface area (Å²) >= 11 is 0. The molecule has 1 aromatic heterocycles. The van der Waals surface area contributed by atoms with Gasteiger partial charge in [-0.1, -0.05) is 0 Å². The number of nitro benzene ring substituents is 1. The van der Waals surface area contributed by atoms with Gasteiger partial charge in [0.25, 0.3) is 11.6 Å². The first-order chi connectivity index (χ1) is 13.5. The van der Waals surface area contributed by atoms with Crippen LogP contribution < -0.4 is 19.5 Å². The molecule has 0 saturated heterocycles. The van der Waals surface area contributed by atoms with Crippen LogP contribution in [0.1, 0.15) is 10.6 Å². The first kappa shape index (κ1) is 17.4. The van der Waals surface area contributed by atoms with Crippen molar-refractivity contribution in [1.82, 2.24) is 0 Å². The number of nitrogens with zero attached hydrogens (tertiary/aromatic N) is 1. The number of ether oxygens (including phenoxy) is 3. The number of anilines is 1. The van der Waals surface area contributed by atoms with Crippen LogP contribution in [-0.2, 0) is 0 Å². The highest BCUT2D eigenvalue weighted by Gasteiger charge is 2.21. The third-order valence-corrected chi connectivity index (χ3v) is 4.13. The third-order valence-electron chi connectivity index (χ3n) is 4.13. The van der Waals surface area contributed by atoms with E-state index in [2.05, 4.69) is 5.32 Å². The van der Waals surface area contributed by atoms with E-state index in [-0.39, 0.29) is 29.6 Å². The number of fused-ring (bicyclic) bond motifs is 1. The van der Waals surface area contributed by atoms with Crippen molar-refractivity contribution in [3.8, 4) is 28.6 Å². The van der Waals surface area contributed by atoms with Gasteiger partial charge in [-0.2, -0.15) is 0 Å². The maximum atomic E-state index is 12.4. The smallest absolute Gasteiger partial charge is 0.291 e. The number of furan rings is 1. The lowest BCUT2D eigenvalue weighted by molar-refractivity contribution is -0.384. The van der Waals surface area contributed by atoms with Crippen molar-refractivity contribution in [2.75, 3.05) is 19.2 Å². The minimum atomic E-state index is -0.535. The lowest BCUT2D eigenvalue weighted by Crippen LogP contribution is -2.10. The molecule has 0 unspecified atom stereocenters. The van der Waals surface area contributed by atoms with E-state index in [1.807, 2.05) is 0 Å². The Labute approximate surface area is 158 Å². The Balaban J connectivity index is 1.57. The molecule has 3 aromatic rings. The summed E-state index contributed by atoms with van der Waals surface area (Å²) in [5, 5.41) is 14.0. The number of amides is 1. The Morgan fingerprint density at radius 1 is 1.11 bits per heavy atom. The zero-order chi connectivity index (χ0) is 19.7. The number of methoxy groups -OCH3 is 1. The Hall–Kier alpha value is -4.01. The molecule has 142 valence electrons. The van der Waals surface area contributed by atoms with Gasteiger partial charge in [-0.25, -0.2) is 0 Å². The standard InChI is InChI=1S/C19H14N2O7/c1-25-12-3-4-13(14(9-12)21(23)24)15-6-7-17(28-15)19(22)20-11-2-5-16-18(8-11)27-10-26-16/h2-9H,10H2,1H3,(H,20,22). The van der Waals surface area contributed by atoms with Gasteiger partial charge >= 0.3 is 0 Å². The number of hydrogen-bond acceptors (Lipinski definition) is 7. The van der Waals surface area contributed by atoms with Crippen LogP contribution in [0.2, 0.25) is 0 Å². The number of nitrogens with one attached hydrogen (secondary N) is 1. The van der Waals surface area contributed by atoms with Crippen LogP contribution in [0.15, 0.2) is 52.9 Å². The lowest BCUT2D eigenvalue weighted by Gasteiger charge is -2.05. The van der Waals surface area contributed by atoms with Crippen LogP contribution in [0.3, 0.4) is 0 Å². The summed E-state index contributed by atoms with van der Waals surface area (Å²) in [4.78, 5) is 23.3. The van der Waals surface area contributed by atoms with E-state index in [1.165, 1.54) is 31.4 Å². The number of carbonyl (C=O) groups excluding carboxylic acids is 1. The first-order valence-corrected chi connectivity index (χ1v) is 8.19. The molecular formula is C19H14N2O7. The molecule has 4 rings (SSSR count). The quantitative estimate of drug-likeness (QED) is 0.527. The van der Waals surface area contributed by atoms with Gasteiger partial charge in [-0.3, -0.25) is 14.9 Å². The van der Waals surface area contributed by atoms with Crippen LogP contribution in [0.5, 0.6) is 17.2 Å². The number of carbonyl (C=O) groups is 1. The molecule has 0 atom stereocenters. The van der Waals surface area contributed by atoms with Crippen LogP contribution in [-0.4, -0.2) is 24.7 Å². The van der Waals surface area contributed by atoms with E-state index in [4.69, 9.17) is 18.6 Å². The number of nitro groups is 1. The van der Waals surface area contributed by atoms with E-state index in [1.54, 1.807) is 24.3 Å². The molecule has 9 heteroatoms. The maximum Gasteiger partial charge on any atom is 0.291 e. The molecule has 9 nitrogen and oxygen atoms in total.